The molecule has 0 unspecified atom stereocenters. The van der Waals surface area contributed by atoms with Crippen molar-refractivity contribution in [1.82, 2.24) is 0 Å². The Morgan fingerprint density at radius 3 is 2.75 bits per heavy atom. The summed E-state index contributed by atoms with van der Waals surface area (Å²) in [6, 6.07) is 0. The third-order valence-corrected chi connectivity index (χ3v) is 7.38. The standard InChI is InChI=1S/C25H42O6S/c1-4-5-6-10-19(2)22(27)13-9-12-21-20(23(28)17-24(21)32-16-14-26)11-7-8-15-31-18-25(29)30-3/h19-22,24,26-27H,4-8,10-11,13-18H2,1-3H3/t19-,20-,21-,22-,24-/m1/s1. The Hall–Kier alpha value is -1.07. The smallest absolute Gasteiger partial charge is 0.331 e. The molecule has 5 atom stereocenters. The minimum absolute atomic E-state index is 0.0439. The van der Waals surface area contributed by atoms with Crippen LogP contribution in [0.5, 0.6) is 0 Å². The summed E-state index contributed by atoms with van der Waals surface area (Å²) in [5.74, 6) is 7.02. The molecule has 0 radical (unpaired) electrons. The minimum atomic E-state index is -0.439. The van der Waals surface area contributed by atoms with E-state index in [0.717, 1.165) is 32.1 Å². The predicted molar refractivity (Wildman–Crippen MR) is 128 cm³/mol. The van der Waals surface area contributed by atoms with Crippen molar-refractivity contribution in [2.75, 3.05) is 32.7 Å². The summed E-state index contributed by atoms with van der Waals surface area (Å²) in [4.78, 5) is 23.7. The van der Waals surface area contributed by atoms with Crippen LogP contribution in [-0.4, -0.2) is 66.0 Å². The normalized spacial score (nSPS) is 22.3. The number of hydrogen-bond donors (Lipinski definition) is 2. The lowest BCUT2D eigenvalue weighted by Crippen LogP contribution is -2.19. The maximum absolute atomic E-state index is 12.7. The van der Waals surface area contributed by atoms with Gasteiger partial charge >= 0.3 is 5.97 Å². The molecule has 1 aliphatic carbocycles. The lowest BCUT2D eigenvalue weighted by Gasteiger charge is -2.19. The van der Waals surface area contributed by atoms with Gasteiger partial charge in [-0.2, -0.15) is 11.8 Å². The molecule has 0 aromatic carbocycles. The number of ketones is 1. The maximum Gasteiger partial charge on any atom is 0.331 e. The lowest BCUT2D eigenvalue weighted by molar-refractivity contribution is -0.145. The van der Waals surface area contributed by atoms with Crippen LogP contribution in [0.25, 0.3) is 0 Å². The number of Topliss-reactive ketones (excluding diaryl/α,β-unsaturated/α-hetero) is 1. The van der Waals surface area contributed by atoms with Crippen molar-refractivity contribution in [2.24, 2.45) is 17.8 Å². The van der Waals surface area contributed by atoms with Crippen LogP contribution >= 0.6 is 11.8 Å². The number of unbranched alkanes of at least 4 members (excludes halogenated alkanes) is 3. The van der Waals surface area contributed by atoms with Crippen LogP contribution in [0.1, 0.15) is 71.6 Å². The number of aliphatic hydroxyl groups excluding tert-OH is 2. The summed E-state index contributed by atoms with van der Waals surface area (Å²) in [6.07, 6.45) is 7.31. The van der Waals surface area contributed by atoms with Gasteiger partial charge in [-0.05, 0) is 25.2 Å². The molecule has 0 saturated heterocycles. The first-order valence-corrected chi connectivity index (χ1v) is 13.1. The van der Waals surface area contributed by atoms with Gasteiger partial charge in [-0.1, -0.05) is 45.5 Å². The highest BCUT2D eigenvalue weighted by atomic mass is 32.2. The first-order valence-electron chi connectivity index (χ1n) is 12.0. The van der Waals surface area contributed by atoms with E-state index in [4.69, 9.17) is 4.74 Å². The highest BCUT2D eigenvalue weighted by Crippen LogP contribution is 2.39. The van der Waals surface area contributed by atoms with Crippen molar-refractivity contribution in [3.05, 3.63) is 0 Å². The first-order chi connectivity index (χ1) is 15.4. The van der Waals surface area contributed by atoms with Crippen LogP contribution in [0.3, 0.4) is 0 Å². The Kier molecular flexibility index (Phi) is 15.8. The summed E-state index contributed by atoms with van der Waals surface area (Å²) in [6.45, 7) is 4.74. The van der Waals surface area contributed by atoms with Crippen molar-refractivity contribution >= 4 is 23.5 Å². The van der Waals surface area contributed by atoms with Crippen molar-refractivity contribution in [3.63, 3.8) is 0 Å². The van der Waals surface area contributed by atoms with E-state index in [1.54, 1.807) is 11.8 Å². The summed E-state index contributed by atoms with van der Waals surface area (Å²) >= 11 is 1.62. The van der Waals surface area contributed by atoms with Gasteiger partial charge in [-0.15, -0.1) is 5.92 Å². The van der Waals surface area contributed by atoms with Crippen LogP contribution in [0, 0.1) is 29.6 Å². The fraction of sp³-hybridized carbons (Fsp3) is 0.840. The summed E-state index contributed by atoms with van der Waals surface area (Å²) in [5, 5.41) is 19.7. The second-order valence-electron chi connectivity index (χ2n) is 8.63. The molecular weight excluding hydrogens is 428 g/mol. The molecule has 7 heteroatoms. The lowest BCUT2D eigenvalue weighted by atomic mass is 9.90. The van der Waals surface area contributed by atoms with Gasteiger partial charge in [-0.3, -0.25) is 4.79 Å². The molecule has 6 nitrogen and oxygen atoms in total. The van der Waals surface area contributed by atoms with E-state index >= 15 is 0 Å². The molecule has 0 amide bonds. The number of aliphatic hydroxyl groups is 2. The molecule has 2 N–H and O–H groups in total. The fourth-order valence-corrected chi connectivity index (χ4v) is 5.17. The van der Waals surface area contributed by atoms with E-state index in [2.05, 4.69) is 30.4 Å². The second kappa shape index (κ2) is 17.4. The molecule has 0 aromatic heterocycles. The molecule has 1 aliphatic rings. The Bertz CT molecular complexity index is 599. The number of ether oxygens (including phenoxy) is 2. The Balaban J connectivity index is 2.59. The maximum atomic E-state index is 12.7. The SMILES string of the molecule is CCCCC[C@@H](C)[C@H](O)CC#C[C@H]1[C@H](SCCO)CC(=O)[C@@H]1CCCCOCC(=O)OC. The van der Waals surface area contributed by atoms with Crippen LogP contribution in [-0.2, 0) is 19.1 Å². The van der Waals surface area contributed by atoms with E-state index in [0.29, 0.717) is 25.2 Å². The summed E-state index contributed by atoms with van der Waals surface area (Å²) in [7, 11) is 1.33. The molecule has 1 rings (SSSR count). The molecule has 0 bridgehead atoms. The molecule has 32 heavy (non-hydrogen) atoms. The van der Waals surface area contributed by atoms with Gasteiger partial charge in [0, 0.05) is 42.3 Å². The van der Waals surface area contributed by atoms with E-state index in [9.17, 15) is 19.8 Å². The number of esters is 1. The number of thioether (sulfide) groups is 1. The molecule has 1 fully saturated rings. The molecule has 184 valence electrons. The van der Waals surface area contributed by atoms with Crippen LogP contribution in [0.15, 0.2) is 0 Å². The molecular formula is C25H42O6S. The topological polar surface area (TPSA) is 93.1 Å². The van der Waals surface area contributed by atoms with Gasteiger partial charge in [0.1, 0.15) is 12.4 Å². The van der Waals surface area contributed by atoms with Gasteiger partial charge in [0.25, 0.3) is 0 Å². The van der Waals surface area contributed by atoms with Gasteiger partial charge in [0.2, 0.25) is 0 Å². The Morgan fingerprint density at radius 1 is 1.28 bits per heavy atom. The molecule has 0 aromatic rings. The Labute approximate surface area is 198 Å². The molecule has 0 spiro atoms. The van der Waals surface area contributed by atoms with Crippen LogP contribution in [0.4, 0.5) is 0 Å². The minimum Gasteiger partial charge on any atom is -0.467 e. The van der Waals surface area contributed by atoms with Gasteiger partial charge in [0.15, 0.2) is 0 Å². The van der Waals surface area contributed by atoms with Crippen LogP contribution < -0.4 is 0 Å². The molecule has 0 aliphatic heterocycles. The number of carbonyl (C=O) groups excluding carboxylic acids is 2. The van der Waals surface area contributed by atoms with Gasteiger partial charge in [0.05, 0.1) is 19.8 Å². The molecule has 1 saturated carbocycles. The monoisotopic (exact) mass is 470 g/mol. The number of carbonyl (C=O) groups is 2. The highest BCUT2D eigenvalue weighted by Gasteiger charge is 2.41. The third kappa shape index (κ3) is 11.2. The zero-order chi connectivity index (χ0) is 23.8. The van der Waals surface area contributed by atoms with Crippen molar-refractivity contribution in [2.45, 2.75) is 83.0 Å². The van der Waals surface area contributed by atoms with E-state index in [-0.39, 0.29) is 42.0 Å². The molecule has 0 heterocycles. The van der Waals surface area contributed by atoms with E-state index < -0.39 is 12.1 Å². The summed E-state index contributed by atoms with van der Waals surface area (Å²) in [5.41, 5.74) is 0. The van der Waals surface area contributed by atoms with Crippen molar-refractivity contribution < 1.29 is 29.3 Å². The number of rotatable bonds is 16. The zero-order valence-electron chi connectivity index (χ0n) is 20.0. The Morgan fingerprint density at radius 2 is 2.06 bits per heavy atom. The van der Waals surface area contributed by atoms with E-state index in [1.807, 2.05) is 0 Å². The van der Waals surface area contributed by atoms with E-state index in [1.165, 1.54) is 20.0 Å². The third-order valence-electron chi connectivity index (χ3n) is 6.07. The zero-order valence-corrected chi connectivity index (χ0v) is 20.8. The largest absolute Gasteiger partial charge is 0.467 e. The van der Waals surface area contributed by atoms with Gasteiger partial charge in [-0.25, -0.2) is 4.79 Å². The average molecular weight is 471 g/mol. The number of methoxy groups -OCH3 is 1. The average Bonchev–Trinajstić information content (AvgIpc) is 3.08. The highest BCUT2D eigenvalue weighted by molar-refractivity contribution is 8.00. The fourth-order valence-electron chi connectivity index (χ4n) is 4.01. The van der Waals surface area contributed by atoms with Gasteiger partial charge < -0.3 is 19.7 Å². The summed E-state index contributed by atoms with van der Waals surface area (Å²) < 4.78 is 9.82. The second-order valence-corrected chi connectivity index (χ2v) is 9.97. The van der Waals surface area contributed by atoms with Crippen LogP contribution in [0.2, 0.25) is 0 Å². The quantitative estimate of drug-likeness (QED) is 0.202. The van der Waals surface area contributed by atoms with Crippen molar-refractivity contribution in [3.8, 4) is 11.8 Å². The number of hydrogen-bond acceptors (Lipinski definition) is 7. The predicted octanol–water partition coefficient (Wildman–Crippen LogP) is 3.62. The van der Waals surface area contributed by atoms with Crippen molar-refractivity contribution in [1.29, 1.82) is 0 Å². The first kappa shape index (κ1) is 29.0.